The van der Waals surface area contributed by atoms with Crippen LogP contribution >= 0.6 is 11.8 Å². The van der Waals surface area contributed by atoms with E-state index >= 15 is 0 Å². The number of amidine groups is 1. The summed E-state index contributed by atoms with van der Waals surface area (Å²) >= 11 is 1.62. The van der Waals surface area contributed by atoms with Gasteiger partial charge in [0.1, 0.15) is 0 Å². The minimum Gasteiger partial charge on any atom is -0.305 e. The fourth-order valence-corrected chi connectivity index (χ4v) is 2.83. The quantitative estimate of drug-likeness (QED) is 0.729. The van der Waals surface area contributed by atoms with Gasteiger partial charge in [-0.15, -0.1) is 6.42 Å². The molecular weight excluding hydrogens is 234 g/mol. The summed E-state index contributed by atoms with van der Waals surface area (Å²) in [6, 6.07) is 0. The Balaban J connectivity index is 1.76. The Bertz CT molecular complexity index is 353. The van der Waals surface area contributed by atoms with E-state index in [1.165, 1.54) is 0 Å². The number of terminal acetylenes is 1. The predicted molar refractivity (Wildman–Crippen MR) is 70.9 cm³/mol. The third-order valence-corrected chi connectivity index (χ3v) is 3.98. The van der Waals surface area contributed by atoms with Gasteiger partial charge in [-0.1, -0.05) is 17.7 Å². The molecule has 1 amide bonds. The lowest BCUT2D eigenvalue weighted by Crippen LogP contribution is -2.41. The van der Waals surface area contributed by atoms with Crippen LogP contribution in [0.25, 0.3) is 0 Å². The molecule has 2 aliphatic heterocycles. The number of hydrogen-bond donors (Lipinski definition) is 1. The van der Waals surface area contributed by atoms with Gasteiger partial charge >= 0.3 is 0 Å². The summed E-state index contributed by atoms with van der Waals surface area (Å²) in [6.07, 6.45) is 7.06. The lowest BCUT2D eigenvalue weighted by Gasteiger charge is -2.29. The molecule has 0 atom stereocenters. The number of rotatable bonds is 2. The Kier molecular flexibility index (Phi) is 4.46. The number of amides is 1. The van der Waals surface area contributed by atoms with Crippen molar-refractivity contribution < 1.29 is 4.79 Å². The van der Waals surface area contributed by atoms with E-state index in [1.807, 2.05) is 0 Å². The maximum atomic E-state index is 12.0. The zero-order valence-electron chi connectivity index (χ0n) is 9.82. The molecule has 0 aromatic heterocycles. The number of aliphatic imine (C=N–C) groups is 1. The minimum absolute atomic E-state index is 0.118. The SMILES string of the molecule is C#CCN1CCC(C(=O)NC2=NCCS2)CC1. The van der Waals surface area contributed by atoms with E-state index in [2.05, 4.69) is 21.1 Å². The van der Waals surface area contributed by atoms with E-state index in [-0.39, 0.29) is 11.8 Å². The standard InChI is InChI=1S/C12H17N3OS/c1-2-6-15-7-3-10(4-8-15)11(16)14-12-13-5-9-17-12/h1,10H,3-9H2,(H,13,14,16). The molecule has 0 spiro atoms. The zero-order valence-corrected chi connectivity index (χ0v) is 10.6. The van der Waals surface area contributed by atoms with Gasteiger partial charge in [-0.3, -0.25) is 14.7 Å². The summed E-state index contributed by atoms with van der Waals surface area (Å²) in [6.45, 7) is 3.35. The van der Waals surface area contributed by atoms with Crippen LogP contribution in [-0.4, -0.2) is 47.9 Å². The molecule has 2 heterocycles. The van der Waals surface area contributed by atoms with Crippen molar-refractivity contribution in [3.8, 4) is 12.3 Å². The topological polar surface area (TPSA) is 44.7 Å². The molecule has 0 bridgehead atoms. The van der Waals surface area contributed by atoms with Crippen LogP contribution in [0.2, 0.25) is 0 Å². The van der Waals surface area contributed by atoms with Crippen molar-refractivity contribution >= 4 is 22.8 Å². The third kappa shape index (κ3) is 3.48. The van der Waals surface area contributed by atoms with Crippen LogP contribution in [0.4, 0.5) is 0 Å². The molecule has 17 heavy (non-hydrogen) atoms. The molecule has 2 aliphatic rings. The normalized spacial score (nSPS) is 21.9. The van der Waals surface area contributed by atoms with Gasteiger partial charge < -0.3 is 5.32 Å². The molecule has 92 valence electrons. The van der Waals surface area contributed by atoms with Crippen molar-refractivity contribution in [2.24, 2.45) is 10.9 Å². The molecule has 2 rings (SSSR count). The number of nitrogens with zero attached hydrogens (tertiary/aromatic N) is 2. The molecule has 0 aromatic carbocycles. The second-order valence-corrected chi connectivity index (χ2v) is 5.36. The van der Waals surface area contributed by atoms with Crippen molar-refractivity contribution in [3.05, 3.63) is 0 Å². The van der Waals surface area contributed by atoms with Gasteiger partial charge in [0.15, 0.2) is 5.17 Å². The highest BCUT2D eigenvalue weighted by molar-refractivity contribution is 8.14. The summed E-state index contributed by atoms with van der Waals surface area (Å²) in [4.78, 5) is 18.4. The molecule has 4 nitrogen and oxygen atoms in total. The van der Waals surface area contributed by atoms with Crippen molar-refractivity contribution in [2.75, 3.05) is 31.9 Å². The first kappa shape index (κ1) is 12.5. The second-order valence-electron chi connectivity index (χ2n) is 4.28. The highest BCUT2D eigenvalue weighted by Gasteiger charge is 2.25. The first-order valence-electron chi connectivity index (χ1n) is 5.93. The summed E-state index contributed by atoms with van der Waals surface area (Å²) in [5.41, 5.74) is 0. The summed E-state index contributed by atoms with van der Waals surface area (Å²) in [5.74, 6) is 3.87. The highest BCUT2D eigenvalue weighted by atomic mass is 32.2. The lowest BCUT2D eigenvalue weighted by atomic mass is 9.96. The fraction of sp³-hybridized carbons (Fsp3) is 0.667. The summed E-state index contributed by atoms with van der Waals surface area (Å²) in [7, 11) is 0. The number of carbonyl (C=O) groups excluding carboxylic acids is 1. The van der Waals surface area contributed by atoms with Crippen LogP contribution in [0.3, 0.4) is 0 Å². The number of likely N-dealkylation sites (tertiary alicyclic amines) is 1. The Hall–Kier alpha value is -0.990. The van der Waals surface area contributed by atoms with Gasteiger partial charge in [0.25, 0.3) is 0 Å². The van der Waals surface area contributed by atoms with E-state index in [4.69, 9.17) is 6.42 Å². The van der Waals surface area contributed by atoms with Crippen molar-refractivity contribution in [1.82, 2.24) is 10.2 Å². The molecule has 0 saturated carbocycles. The molecule has 5 heteroatoms. The average molecular weight is 251 g/mol. The Morgan fingerprint density at radius 2 is 2.35 bits per heavy atom. The van der Waals surface area contributed by atoms with E-state index in [1.54, 1.807) is 11.8 Å². The van der Waals surface area contributed by atoms with Gasteiger partial charge in [0.2, 0.25) is 5.91 Å². The van der Waals surface area contributed by atoms with Gasteiger partial charge in [0.05, 0.1) is 13.1 Å². The van der Waals surface area contributed by atoms with Crippen LogP contribution < -0.4 is 5.32 Å². The fourth-order valence-electron chi connectivity index (χ4n) is 2.10. The number of carbonyl (C=O) groups is 1. The average Bonchev–Trinajstić information content (AvgIpc) is 2.83. The Morgan fingerprint density at radius 1 is 1.59 bits per heavy atom. The summed E-state index contributed by atoms with van der Waals surface area (Å²) < 4.78 is 0. The Morgan fingerprint density at radius 3 is 2.94 bits per heavy atom. The molecule has 1 N–H and O–H groups in total. The van der Waals surface area contributed by atoms with Crippen LogP contribution in [0.5, 0.6) is 0 Å². The van der Waals surface area contributed by atoms with Crippen LogP contribution in [0, 0.1) is 18.3 Å². The zero-order chi connectivity index (χ0) is 12.1. The van der Waals surface area contributed by atoms with Gasteiger partial charge in [-0.05, 0) is 25.9 Å². The number of nitrogens with one attached hydrogen (secondary N) is 1. The maximum Gasteiger partial charge on any atom is 0.229 e. The first-order valence-corrected chi connectivity index (χ1v) is 6.92. The number of piperidine rings is 1. The monoisotopic (exact) mass is 251 g/mol. The molecule has 0 aliphatic carbocycles. The molecule has 0 radical (unpaired) electrons. The summed E-state index contributed by atoms with van der Waals surface area (Å²) in [5, 5.41) is 3.70. The van der Waals surface area contributed by atoms with Crippen LogP contribution in [-0.2, 0) is 4.79 Å². The van der Waals surface area contributed by atoms with E-state index in [0.29, 0.717) is 6.54 Å². The molecular formula is C12H17N3OS. The predicted octanol–water partition coefficient (Wildman–Crippen LogP) is 0.551. The van der Waals surface area contributed by atoms with E-state index in [0.717, 1.165) is 43.4 Å². The molecule has 0 aromatic rings. The second kappa shape index (κ2) is 6.08. The van der Waals surface area contributed by atoms with E-state index < -0.39 is 0 Å². The molecule has 0 unspecified atom stereocenters. The highest BCUT2D eigenvalue weighted by Crippen LogP contribution is 2.18. The van der Waals surface area contributed by atoms with Crippen LogP contribution in [0.1, 0.15) is 12.8 Å². The lowest BCUT2D eigenvalue weighted by molar-refractivity contribution is -0.124. The molecule has 1 fully saturated rings. The minimum atomic E-state index is 0.118. The smallest absolute Gasteiger partial charge is 0.229 e. The molecule has 1 saturated heterocycles. The third-order valence-electron chi connectivity index (χ3n) is 3.09. The van der Waals surface area contributed by atoms with Crippen LogP contribution in [0.15, 0.2) is 4.99 Å². The van der Waals surface area contributed by atoms with Gasteiger partial charge in [0, 0.05) is 11.7 Å². The number of thioether (sulfide) groups is 1. The first-order chi connectivity index (χ1) is 8.29. The van der Waals surface area contributed by atoms with Crippen molar-refractivity contribution in [3.63, 3.8) is 0 Å². The number of hydrogen-bond acceptors (Lipinski definition) is 4. The van der Waals surface area contributed by atoms with Crippen molar-refractivity contribution in [1.29, 1.82) is 0 Å². The largest absolute Gasteiger partial charge is 0.305 e. The van der Waals surface area contributed by atoms with E-state index in [9.17, 15) is 4.79 Å². The van der Waals surface area contributed by atoms with Gasteiger partial charge in [-0.2, -0.15) is 0 Å². The maximum absolute atomic E-state index is 12.0. The Labute approximate surface area is 106 Å². The van der Waals surface area contributed by atoms with Gasteiger partial charge in [-0.25, -0.2) is 0 Å². The van der Waals surface area contributed by atoms with Crippen molar-refractivity contribution in [2.45, 2.75) is 12.8 Å².